The SMILES string of the molecule is C=C(c1cccc(F)c1)c1cc(NCCC(F)(F)F)c2ncc(-c3ccc(C(=O)NC4CC4)c(C)c3)n2n1.Cc1cc(-c2cnc3c(NCCC(F)(F)F)cc(C(=O)c4cccc(F)c4)nn23)ccc1C(=O)NC1CC1. The largest absolute Gasteiger partial charge is 0.390 e. The molecule has 0 spiro atoms. The van der Waals surface area contributed by atoms with Crippen LogP contribution >= 0.6 is 0 Å². The smallest absolute Gasteiger partial charge is 0.382 e. The van der Waals surface area contributed by atoms with Gasteiger partial charge in [-0.2, -0.15) is 36.5 Å². The van der Waals surface area contributed by atoms with Crippen molar-refractivity contribution in [3.63, 3.8) is 0 Å². The Kier molecular flexibility index (Phi) is 14.7. The third kappa shape index (κ3) is 12.5. The van der Waals surface area contributed by atoms with E-state index in [1.165, 1.54) is 51.6 Å². The molecular weight excluding hydrogens is 1000 g/mol. The second-order valence-electron chi connectivity index (χ2n) is 18.6. The van der Waals surface area contributed by atoms with Gasteiger partial charge >= 0.3 is 12.4 Å². The van der Waals surface area contributed by atoms with E-state index in [1.54, 1.807) is 61.7 Å². The quantitative estimate of drug-likeness (QED) is 0.0546. The van der Waals surface area contributed by atoms with Crippen LogP contribution in [0.25, 0.3) is 39.4 Å². The average molecular weight is 1050 g/mol. The molecule has 0 radical (unpaired) electrons. The van der Waals surface area contributed by atoms with Crippen molar-refractivity contribution in [2.24, 2.45) is 0 Å². The number of nitrogens with one attached hydrogen (secondary N) is 4. The van der Waals surface area contributed by atoms with Crippen LogP contribution in [-0.2, 0) is 0 Å². The number of alkyl halides is 6. The summed E-state index contributed by atoms with van der Waals surface area (Å²) in [6, 6.07) is 24.8. The third-order valence-corrected chi connectivity index (χ3v) is 12.5. The zero-order valence-corrected chi connectivity index (χ0v) is 40.8. The number of anilines is 2. The minimum atomic E-state index is -4.37. The van der Waals surface area contributed by atoms with Gasteiger partial charge in [0.15, 0.2) is 11.3 Å². The maximum Gasteiger partial charge on any atom is 0.390 e. The summed E-state index contributed by atoms with van der Waals surface area (Å²) in [5.41, 5.74) is 7.18. The Morgan fingerprint density at radius 3 is 1.46 bits per heavy atom. The fraction of sp³-hybridized carbons (Fsp3) is 0.255. The average Bonchev–Trinajstić information content (AvgIpc) is 4.29. The number of ketones is 1. The molecule has 4 aromatic heterocycles. The molecule has 4 aromatic carbocycles. The number of aromatic nitrogens is 6. The summed E-state index contributed by atoms with van der Waals surface area (Å²) in [6.07, 6.45) is -3.85. The number of rotatable bonds is 16. The van der Waals surface area contributed by atoms with E-state index in [1.807, 2.05) is 13.0 Å². The molecule has 10 rings (SSSR count). The van der Waals surface area contributed by atoms with Crippen molar-refractivity contribution >= 4 is 45.8 Å². The molecule has 0 unspecified atom stereocenters. The first kappa shape index (κ1) is 52.4. The van der Waals surface area contributed by atoms with Crippen LogP contribution in [0.3, 0.4) is 0 Å². The molecule has 4 heterocycles. The van der Waals surface area contributed by atoms with Crippen LogP contribution in [0.5, 0.6) is 0 Å². The molecule has 0 bridgehead atoms. The first-order chi connectivity index (χ1) is 36.2. The van der Waals surface area contributed by atoms with Gasteiger partial charge in [0, 0.05) is 58.6 Å². The summed E-state index contributed by atoms with van der Waals surface area (Å²) in [4.78, 5) is 47.0. The molecule has 21 heteroatoms. The number of fused-ring (bicyclic) bond motifs is 2. The minimum absolute atomic E-state index is 0.0432. The molecule has 13 nitrogen and oxygen atoms in total. The number of carbonyl (C=O) groups is 3. The van der Waals surface area contributed by atoms with Gasteiger partial charge in [-0.15, -0.1) is 0 Å². The Morgan fingerprint density at radius 1 is 0.592 bits per heavy atom. The van der Waals surface area contributed by atoms with Crippen molar-refractivity contribution in [3.05, 3.63) is 172 Å². The van der Waals surface area contributed by atoms with E-state index in [0.717, 1.165) is 42.9 Å². The monoisotopic (exact) mass is 1050 g/mol. The van der Waals surface area contributed by atoms with Crippen LogP contribution < -0.4 is 21.3 Å². The van der Waals surface area contributed by atoms with E-state index in [-0.39, 0.29) is 53.0 Å². The van der Waals surface area contributed by atoms with Crippen LogP contribution in [0.15, 0.2) is 116 Å². The Labute approximate surface area is 429 Å². The van der Waals surface area contributed by atoms with E-state index in [9.17, 15) is 49.5 Å². The Hall–Kier alpha value is -8.49. The molecule has 76 heavy (non-hydrogen) atoms. The maximum atomic E-state index is 13.9. The van der Waals surface area contributed by atoms with Crippen molar-refractivity contribution in [1.82, 2.24) is 39.8 Å². The van der Waals surface area contributed by atoms with Crippen molar-refractivity contribution in [2.75, 3.05) is 23.7 Å². The molecule has 2 amide bonds. The van der Waals surface area contributed by atoms with Gasteiger partial charge in [0.2, 0.25) is 5.78 Å². The van der Waals surface area contributed by atoms with Gasteiger partial charge in [-0.25, -0.2) is 27.8 Å². The molecule has 2 fully saturated rings. The van der Waals surface area contributed by atoms with Crippen LogP contribution in [0, 0.1) is 25.5 Å². The summed E-state index contributed by atoms with van der Waals surface area (Å²) >= 11 is 0. The van der Waals surface area contributed by atoms with Gasteiger partial charge in [0.05, 0.1) is 53.7 Å². The number of benzene rings is 4. The number of nitrogens with zero attached hydrogens (tertiary/aromatic N) is 6. The van der Waals surface area contributed by atoms with Gasteiger partial charge in [0.1, 0.15) is 17.3 Å². The van der Waals surface area contributed by atoms with Crippen molar-refractivity contribution < 1.29 is 49.5 Å². The van der Waals surface area contributed by atoms with Gasteiger partial charge in [-0.1, -0.05) is 43.0 Å². The number of aryl methyl sites for hydroxylation is 2. The molecule has 2 aliphatic carbocycles. The van der Waals surface area contributed by atoms with E-state index >= 15 is 0 Å². The summed E-state index contributed by atoms with van der Waals surface area (Å²) in [5, 5.41) is 20.5. The van der Waals surface area contributed by atoms with Crippen LogP contribution in [0.1, 0.15) is 97.7 Å². The topological polar surface area (TPSA) is 160 Å². The van der Waals surface area contributed by atoms with Crippen LogP contribution in [0.4, 0.5) is 46.5 Å². The lowest BCUT2D eigenvalue weighted by molar-refractivity contribution is -0.132. The standard InChI is InChI=1S/C28H25F4N5O.C27H23F4N5O2/c1-16-12-19(6-9-22(16)27(38)35-21-7-8-21)25-15-34-26-24(33-11-10-28(30,31)32)14-23(36-37(25)26)17(2)18-4-3-5-20(29)13-18;1-15-11-16(5-8-20(15)26(38)34-19-6-7-19)23-14-33-25-22(32-10-9-27(29,30)31)13-21(35-36(23)25)24(37)17-3-2-4-18(28)12-17/h3-6,9,12-15,21,33H,2,7-8,10-11H2,1H3,(H,35,38);2-5,8,11-14,19,32H,6-7,9-10H2,1H3,(H,34,38). The highest BCUT2D eigenvalue weighted by atomic mass is 19.4. The summed E-state index contributed by atoms with van der Waals surface area (Å²) in [6.45, 7) is 6.88. The van der Waals surface area contributed by atoms with Crippen molar-refractivity contribution in [2.45, 2.75) is 76.8 Å². The predicted octanol–water partition coefficient (Wildman–Crippen LogP) is 11.5. The first-order valence-corrected chi connectivity index (χ1v) is 24.2. The number of imidazole rings is 2. The van der Waals surface area contributed by atoms with E-state index < -0.39 is 49.2 Å². The summed E-state index contributed by atoms with van der Waals surface area (Å²) in [5.74, 6) is -1.94. The van der Waals surface area contributed by atoms with E-state index in [2.05, 4.69) is 48.0 Å². The Morgan fingerprint density at radius 2 is 1.03 bits per heavy atom. The zero-order valence-electron chi connectivity index (χ0n) is 40.8. The normalized spacial score (nSPS) is 13.5. The number of amides is 2. The minimum Gasteiger partial charge on any atom is -0.382 e. The fourth-order valence-corrected chi connectivity index (χ4v) is 8.27. The highest BCUT2D eigenvalue weighted by molar-refractivity contribution is 6.08. The summed E-state index contributed by atoms with van der Waals surface area (Å²) in [7, 11) is 0. The summed E-state index contributed by atoms with van der Waals surface area (Å²) < 4.78 is 107. The molecule has 2 aliphatic rings. The zero-order chi connectivity index (χ0) is 54.1. The lowest BCUT2D eigenvalue weighted by Gasteiger charge is -2.14. The maximum absolute atomic E-state index is 13.9. The lowest BCUT2D eigenvalue weighted by Crippen LogP contribution is -2.26. The van der Waals surface area contributed by atoms with Crippen molar-refractivity contribution in [3.8, 4) is 22.5 Å². The first-order valence-electron chi connectivity index (χ1n) is 24.2. The van der Waals surface area contributed by atoms with Gasteiger partial charge in [-0.3, -0.25) is 14.4 Å². The van der Waals surface area contributed by atoms with Crippen LogP contribution in [0.2, 0.25) is 0 Å². The molecule has 0 saturated heterocycles. The molecule has 4 N–H and O–H groups in total. The highest BCUT2D eigenvalue weighted by Gasteiger charge is 2.29. The number of halogens is 8. The van der Waals surface area contributed by atoms with Gasteiger partial charge in [-0.05, 0) is 117 Å². The van der Waals surface area contributed by atoms with Crippen molar-refractivity contribution in [1.29, 1.82) is 0 Å². The third-order valence-electron chi connectivity index (χ3n) is 12.5. The van der Waals surface area contributed by atoms with E-state index in [4.69, 9.17) is 0 Å². The lowest BCUT2D eigenvalue weighted by atomic mass is 10.0. The Balaban J connectivity index is 0.000000186. The molecule has 392 valence electrons. The highest BCUT2D eigenvalue weighted by Crippen LogP contribution is 2.32. The van der Waals surface area contributed by atoms with Gasteiger partial charge in [0.25, 0.3) is 11.8 Å². The molecule has 8 aromatic rings. The predicted molar refractivity (Wildman–Crippen MR) is 270 cm³/mol. The number of hydrogen-bond donors (Lipinski definition) is 4. The van der Waals surface area contributed by atoms with E-state index in [0.29, 0.717) is 61.8 Å². The number of carbonyl (C=O) groups excluding carboxylic acids is 3. The molecule has 2 saturated carbocycles. The second-order valence-corrected chi connectivity index (χ2v) is 18.6. The molecule has 0 aliphatic heterocycles. The molecular formula is C55H48F8N10O3. The second kappa shape index (κ2) is 21.4. The number of hydrogen-bond acceptors (Lipinski definition) is 9. The van der Waals surface area contributed by atoms with Gasteiger partial charge < -0.3 is 21.3 Å². The van der Waals surface area contributed by atoms with Crippen LogP contribution in [-0.4, -0.2) is 84.3 Å². The fourth-order valence-electron chi connectivity index (χ4n) is 8.27. The Bertz CT molecular complexity index is 3310. The molecule has 0 atom stereocenters.